The van der Waals surface area contributed by atoms with Gasteiger partial charge in [0.25, 0.3) is 0 Å². The van der Waals surface area contributed by atoms with Crippen LogP contribution in [-0.2, 0) is 20.1 Å². The summed E-state index contributed by atoms with van der Waals surface area (Å²) < 4.78 is 2.00. The molecule has 1 aliphatic carbocycles. The number of aromatic nitrogens is 2. The van der Waals surface area contributed by atoms with E-state index in [-0.39, 0.29) is 6.61 Å². The molecule has 1 aromatic heterocycles. The lowest BCUT2D eigenvalue weighted by Crippen LogP contribution is -2.01. The van der Waals surface area contributed by atoms with Crippen LogP contribution >= 0.6 is 11.8 Å². The molecule has 0 spiro atoms. The number of rotatable bonds is 3. The number of fused-ring (bicyclic) bond motifs is 1. The van der Waals surface area contributed by atoms with Crippen molar-refractivity contribution in [2.75, 3.05) is 0 Å². The number of hydrogen-bond donors (Lipinski definition) is 1. The van der Waals surface area contributed by atoms with Crippen molar-refractivity contribution in [3.63, 3.8) is 0 Å². The lowest BCUT2D eigenvalue weighted by Gasteiger charge is -2.17. The first-order chi connectivity index (χ1) is 9.79. The number of nitrogens with zero attached hydrogens (tertiary/aromatic N) is 2. The van der Waals surface area contributed by atoms with Gasteiger partial charge in [-0.3, -0.25) is 0 Å². The fourth-order valence-electron chi connectivity index (χ4n) is 2.81. The fourth-order valence-corrected chi connectivity index (χ4v) is 4.09. The maximum absolute atomic E-state index is 9.27. The topological polar surface area (TPSA) is 38.0 Å². The minimum absolute atomic E-state index is 0.0469. The predicted molar refractivity (Wildman–Crippen MR) is 81.7 cm³/mol. The second kappa shape index (κ2) is 6.02. The van der Waals surface area contributed by atoms with Crippen LogP contribution in [0.2, 0.25) is 0 Å². The zero-order chi connectivity index (χ0) is 13.9. The SMILES string of the molecule is Cn1c(CO)cnc1SC1CCCCc2ccccc21. The summed E-state index contributed by atoms with van der Waals surface area (Å²) in [4.78, 5) is 4.45. The van der Waals surface area contributed by atoms with E-state index in [0.717, 1.165) is 10.9 Å². The van der Waals surface area contributed by atoms with E-state index in [1.807, 2.05) is 23.4 Å². The van der Waals surface area contributed by atoms with Crippen LogP contribution in [0.5, 0.6) is 0 Å². The van der Waals surface area contributed by atoms with E-state index < -0.39 is 0 Å². The molecule has 0 amide bonds. The van der Waals surface area contributed by atoms with Crippen LogP contribution in [0.15, 0.2) is 35.6 Å². The molecular formula is C16H20N2OS. The molecular weight excluding hydrogens is 268 g/mol. The summed E-state index contributed by atoms with van der Waals surface area (Å²) in [6.45, 7) is 0.0469. The van der Waals surface area contributed by atoms with Gasteiger partial charge in [-0.25, -0.2) is 4.98 Å². The van der Waals surface area contributed by atoms with E-state index >= 15 is 0 Å². The van der Waals surface area contributed by atoms with E-state index in [1.165, 1.54) is 36.8 Å². The van der Waals surface area contributed by atoms with E-state index in [9.17, 15) is 5.11 Å². The van der Waals surface area contributed by atoms with Crippen LogP contribution in [0.1, 0.15) is 41.3 Å². The smallest absolute Gasteiger partial charge is 0.168 e. The number of aryl methyl sites for hydroxylation is 1. The van der Waals surface area contributed by atoms with Gasteiger partial charge in [-0.15, -0.1) is 0 Å². The van der Waals surface area contributed by atoms with Crippen molar-refractivity contribution in [3.05, 3.63) is 47.3 Å². The van der Waals surface area contributed by atoms with Gasteiger partial charge < -0.3 is 9.67 Å². The van der Waals surface area contributed by atoms with Crippen molar-refractivity contribution in [2.24, 2.45) is 7.05 Å². The Morgan fingerprint density at radius 1 is 1.35 bits per heavy atom. The van der Waals surface area contributed by atoms with Crippen molar-refractivity contribution in [3.8, 4) is 0 Å². The third-order valence-electron chi connectivity index (χ3n) is 4.02. The predicted octanol–water partition coefficient (Wildman–Crippen LogP) is 3.47. The van der Waals surface area contributed by atoms with Gasteiger partial charge in [-0.1, -0.05) is 42.4 Å². The van der Waals surface area contributed by atoms with E-state index in [0.29, 0.717) is 5.25 Å². The highest BCUT2D eigenvalue weighted by Gasteiger charge is 2.21. The summed E-state index contributed by atoms with van der Waals surface area (Å²) in [6.07, 6.45) is 6.70. The summed E-state index contributed by atoms with van der Waals surface area (Å²) in [5.41, 5.74) is 3.82. The largest absolute Gasteiger partial charge is 0.390 e. The van der Waals surface area contributed by atoms with E-state index in [4.69, 9.17) is 0 Å². The molecule has 1 aliphatic rings. The molecule has 1 aromatic carbocycles. The van der Waals surface area contributed by atoms with Gasteiger partial charge in [-0.2, -0.15) is 0 Å². The summed E-state index contributed by atoms with van der Waals surface area (Å²) >= 11 is 1.82. The van der Waals surface area contributed by atoms with Gasteiger partial charge >= 0.3 is 0 Å². The van der Waals surface area contributed by atoms with Crippen LogP contribution in [0.3, 0.4) is 0 Å². The summed E-state index contributed by atoms with van der Waals surface area (Å²) in [6, 6.07) is 8.78. The first kappa shape index (κ1) is 13.7. The van der Waals surface area contributed by atoms with Gasteiger partial charge in [0.1, 0.15) is 0 Å². The molecule has 1 heterocycles. The number of benzene rings is 1. The second-order valence-electron chi connectivity index (χ2n) is 5.30. The average Bonchev–Trinajstić information content (AvgIpc) is 2.70. The standard InChI is InChI=1S/C16H20N2OS/c1-18-13(11-19)10-17-16(18)20-15-9-5-3-7-12-6-2-4-8-14(12)15/h2,4,6,8,10,15,19H,3,5,7,9,11H2,1H3. The normalized spacial score (nSPS) is 18.6. The Morgan fingerprint density at radius 3 is 3.00 bits per heavy atom. The second-order valence-corrected chi connectivity index (χ2v) is 6.47. The zero-order valence-electron chi connectivity index (χ0n) is 11.7. The van der Waals surface area contributed by atoms with Crippen molar-refractivity contribution in [2.45, 2.75) is 42.7 Å². The lowest BCUT2D eigenvalue weighted by atomic mass is 10.0. The maximum atomic E-state index is 9.27. The summed E-state index contributed by atoms with van der Waals surface area (Å²) in [5.74, 6) is 0. The van der Waals surface area contributed by atoms with Crippen LogP contribution in [0.4, 0.5) is 0 Å². The maximum Gasteiger partial charge on any atom is 0.168 e. The molecule has 3 nitrogen and oxygen atoms in total. The minimum Gasteiger partial charge on any atom is -0.390 e. The highest BCUT2D eigenvalue weighted by Crippen LogP contribution is 2.41. The summed E-state index contributed by atoms with van der Waals surface area (Å²) in [7, 11) is 1.98. The van der Waals surface area contributed by atoms with Crippen molar-refractivity contribution in [1.82, 2.24) is 9.55 Å². The van der Waals surface area contributed by atoms with Gasteiger partial charge in [0.05, 0.1) is 18.5 Å². The molecule has 0 saturated heterocycles. The third-order valence-corrected chi connectivity index (χ3v) is 5.38. The molecule has 1 unspecified atom stereocenters. The Balaban J connectivity index is 1.88. The van der Waals surface area contributed by atoms with Crippen molar-refractivity contribution < 1.29 is 5.11 Å². The number of imidazole rings is 1. The highest BCUT2D eigenvalue weighted by atomic mass is 32.2. The minimum atomic E-state index is 0.0469. The Bertz CT molecular complexity index is 594. The molecule has 4 heteroatoms. The Hall–Kier alpha value is -1.26. The van der Waals surface area contributed by atoms with Crippen LogP contribution < -0.4 is 0 Å². The Morgan fingerprint density at radius 2 is 2.20 bits per heavy atom. The average molecular weight is 288 g/mol. The van der Waals surface area contributed by atoms with Gasteiger partial charge in [0.2, 0.25) is 0 Å². The molecule has 3 rings (SSSR count). The Labute approximate surface area is 124 Å². The molecule has 0 bridgehead atoms. The molecule has 1 atom stereocenters. The van der Waals surface area contributed by atoms with Crippen molar-refractivity contribution >= 4 is 11.8 Å². The third kappa shape index (κ3) is 2.63. The van der Waals surface area contributed by atoms with Gasteiger partial charge in [0.15, 0.2) is 5.16 Å². The van der Waals surface area contributed by atoms with Crippen LogP contribution in [-0.4, -0.2) is 14.7 Å². The molecule has 0 aliphatic heterocycles. The monoisotopic (exact) mass is 288 g/mol. The van der Waals surface area contributed by atoms with Gasteiger partial charge in [0, 0.05) is 12.3 Å². The lowest BCUT2D eigenvalue weighted by molar-refractivity contribution is 0.271. The van der Waals surface area contributed by atoms with E-state index in [2.05, 4.69) is 29.2 Å². The van der Waals surface area contributed by atoms with Crippen molar-refractivity contribution in [1.29, 1.82) is 0 Å². The first-order valence-corrected chi connectivity index (χ1v) is 8.03. The molecule has 2 aromatic rings. The number of aliphatic hydroxyl groups is 1. The Kier molecular flexibility index (Phi) is 4.13. The quantitative estimate of drug-likeness (QED) is 0.879. The van der Waals surface area contributed by atoms with E-state index in [1.54, 1.807) is 6.20 Å². The highest BCUT2D eigenvalue weighted by molar-refractivity contribution is 7.99. The van der Waals surface area contributed by atoms with Crippen LogP contribution in [0, 0.1) is 0 Å². The first-order valence-electron chi connectivity index (χ1n) is 7.15. The van der Waals surface area contributed by atoms with Crippen LogP contribution in [0.25, 0.3) is 0 Å². The number of aliphatic hydroxyl groups excluding tert-OH is 1. The zero-order valence-corrected chi connectivity index (χ0v) is 12.6. The number of hydrogen-bond acceptors (Lipinski definition) is 3. The van der Waals surface area contributed by atoms with Gasteiger partial charge in [-0.05, 0) is 30.4 Å². The molecule has 0 saturated carbocycles. The molecule has 106 valence electrons. The molecule has 0 radical (unpaired) electrons. The number of thioether (sulfide) groups is 1. The summed E-state index contributed by atoms with van der Waals surface area (Å²) in [5, 5.41) is 10.7. The molecule has 0 fully saturated rings. The molecule has 1 N–H and O–H groups in total. The fraction of sp³-hybridized carbons (Fsp3) is 0.438. The molecule has 20 heavy (non-hydrogen) atoms.